The first-order valence-electron chi connectivity index (χ1n) is 10.3. The molecule has 7 heteroatoms. The third-order valence-electron chi connectivity index (χ3n) is 5.47. The molecule has 1 fully saturated rings. The van der Waals surface area contributed by atoms with Gasteiger partial charge in [-0.25, -0.2) is 0 Å². The first kappa shape index (κ1) is 23.9. The van der Waals surface area contributed by atoms with Gasteiger partial charge < -0.3 is 26.4 Å². The van der Waals surface area contributed by atoms with E-state index < -0.39 is 0 Å². The second-order valence-electron chi connectivity index (χ2n) is 7.80. The predicted octanol–water partition coefficient (Wildman–Crippen LogP) is 0.860. The van der Waals surface area contributed by atoms with E-state index in [-0.39, 0.29) is 63.3 Å². The van der Waals surface area contributed by atoms with E-state index in [0.717, 1.165) is 22.7 Å². The number of aromatic nitrogens is 1. The van der Waals surface area contributed by atoms with Crippen molar-refractivity contribution in [2.75, 3.05) is 12.4 Å². The van der Waals surface area contributed by atoms with Crippen molar-refractivity contribution in [3.05, 3.63) is 78.4 Å². The van der Waals surface area contributed by atoms with Gasteiger partial charge >= 0.3 is 51.4 Å². The van der Waals surface area contributed by atoms with Crippen molar-refractivity contribution in [2.24, 2.45) is 4.99 Å². The van der Waals surface area contributed by atoms with Gasteiger partial charge in [-0.3, -0.25) is 9.78 Å². The summed E-state index contributed by atoms with van der Waals surface area (Å²) in [5.41, 5.74) is 4.37. The van der Waals surface area contributed by atoms with Crippen LogP contribution in [0.25, 0.3) is 0 Å². The number of hydrogen-bond acceptors (Lipinski definition) is 4. The molecule has 2 aliphatic rings. The van der Waals surface area contributed by atoms with Gasteiger partial charge in [0.05, 0.1) is 24.0 Å². The maximum Gasteiger partial charge on any atom is 1.00 e. The van der Waals surface area contributed by atoms with Crippen LogP contribution in [0.5, 0.6) is 0 Å². The largest absolute Gasteiger partial charge is 1.00 e. The van der Waals surface area contributed by atoms with Crippen LogP contribution in [0.1, 0.15) is 59.8 Å². The number of anilines is 1. The number of hydrogen-bond donors (Lipinski definition) is 2. The molecule has 0 bridgehead atoms. The van der Waals surface area contributed by atoms with Gasteiger partial charge in [-0.2, -0.15) is 0 Å². The van der Waals surface area contributed by atoms with E-state index in [9.17, 15) is 4.79 Å². The summed E-state index contributed by atoms with van der Waals surface area (Å²) < 4.78 is 1.95. The van der Waals surface area contributed by atoms with Crippen LogP contribution in [0.4, 0.5) is 5.69 Å². The zero-order valence-corrected chi connectivity index (χ0v) is 21.4. The van der Waals surface area contributed by atoms with Crippen LogP contribution in [0.3, 0.4) is 0 Å². The number of carbonyl (C=O) groups is 1. The molecule has 6 nitrogen and oxygen atoms in total. The molecule has 0 spiro atoms. The summed E-state index contributed by atoms with van der Waals surface area (Å²) in [5.74, 6) is 0.414. The van der Waals surface area contributed by atoms with E-state index in [2.05, 4.69) is 26.8 Å². The van der Waals surface area contributed by atoms with Crippen molar-refractivity contribution in [2.45, 2.75) is 38.1 Å². The third-order valence-corrected chi connectivity index (χ3v) is 5.47. The zero-order valence-electron chi connectivity index (χ0n) is 18.3. The van der Waals surface area contributed by atoms with Gasteiger partial charge in [0.1, 0.15) is 7.05 Å². The van der Waals surface area contributed by atoms with Crippen LogP contribution in [0.15, 0.2) is 53.8 Å². The molecule has 1 amide bonds. The normalized spacial score (nSPS) is 17.6. The van der Waals surface area contributed by atoms with Crippen molar-refractivity contribution < 1.29 is 60.8 Å². The van der Waals surface area contributed by atoms with E-state index >= 15 is 0 Å². The molecule has 4 rings (SSSR count). The quantitative estimate of drug-likeness (QED) is 0.291. The maximum absolute atomic E-state index is 12.6. The van der Waals surface area contributed by atoms with Gasteiger partial charge in [-0.1, -0.05) is 18.6 Å². The standard InChI is InChI=1S/C24H26N5O.K/c1-17(25-11-12-26-22-15-29(2)16-22)19-7-4-8-21(13-19)28-24(30)20-9-10-23(27-14-20)18-5-3-6-18;/h4,7-10,12-18,25H,3,5-6H2,1-2H3,(H,28,30);/q-1;+1. The minimum atomic E-state index is -0.152. The SMILES string of the molecule is CC(N[C-]=CN=C1C=[N+](C)[CH-]1)c1cccc(NC(=O)c2ccc(C3CCC3)nc2)c1.[K+]. The number of nitrogens with zero attached hydrogens (tertiary/aromatic N) is 3. The number of amides is 1. The van der Waals surface area contributed by atoms with Gasteiger partial charge in [-0.05, 0) is 49.6 Å². The first-order valence-corrected chi connectivity index (χ1v) is 10.3. The molecule has 31 heavy (non-hydrogen) atoms. The van der Waals surface area contributed by atoms with E-state index in [1.165, 1.54) is 19.3 Å². The molecule has 1 aliphatic heterocycles. The molecule has 1 atom stereocenters. The van der Waals surface area contributed by atoms with Crippen LogP contribution in [0, 0.1) is 12.7 Å². The number of nitrogens with one attached hydrogen (secondary N) is 2. The smallest absolute Gasteiger partial charge is 0.560 e. The molecular formula is C24H26KN5O. The molecule has 2 N–H and O–H groups in total. The molecule has 1 aromatic carbocycles. The van der Waals surface area contributed by atoms with Gasteiger partial charge in [-0.15, -0.1) is 6.20 Å². The fraction of sp³-hybridized carbons (Fsp3) is 0.292. The van der Waals surface area contributed by atoms with E-state index in [1.807, 2.05) is 67.7 Å². The van der Waals surface area contributed by atoms with E-state index in [4.69, 9.17) is 0 Å². The van der Waals surface area contributed by atoms with E-state index in [0.29, 0.717) is 11.5 Å². The number of aliphatic imine (C=N–C) groups is 1. The average Bonchev–Trinajstić information content (AvgIpc) is 2.69. The second-order valence-corrected chi connectivity index (χ2v) is 7.80. The van der Waals surface area contributed by atoms with Crippen molar-refractivity contribution in [1.29, 1.82) is 0 Å². The zero-order chi connectivity index (χ0) is 20.9. The summed E-state index contributed by atoms with van der Waals surface area (Å²) in [6, 6.07) is 11.6. The minimum absolute atomic E-state index is 0. The first-order chi connectivity index (χ1) is 14.6. The van der Waals surface area contributed by atoms with Gasteiger partial charge in [0.25, 0.3) is 5.91 Å². The van der Waals surface area contributed by atoms with Crippen LogP contribution < -0.4 is 62.0 Å². The molecule has 0 radical (unpaired) electrons. The minimum Gasteiger partial charge on any atom is -0.560 e. The Hall–Kier alpha value is -1.77. The van der Waals surface area contributed by atoms with Gasteiger partial charge in [0.15, 0.2) is 0 Å². The van der Waals surface area contributed by atoms with Crippen LogP contribution in [0.2, 0.25) is 0 Å². The molecule has 1 aliphatic carbocycles. The molecule has 1 unspecified atom stereocenters. The predicted molar refractivity (Wildman–Crippen MR) is 119 cm³/mol. The monoisotopic (exact) mass is 439 g/mol. The number of benzene rings is 1. The maximum atomic E-state index is 12.6. The van der Waals surface area contributed by atoms with E-state index in [1.54, 1.807) is 12.4 Å². The van der Waals surface area contributed by atoms with Crippen molar-refractivity contribution >= 4 is 23.5 Å². The topological polar surface area (TPSA) is 69.4 Å². The molecule has 0 saturated heterocycles. The number of carbonyl (C=O) groups excluding carboxylic acids is 1. The summed E-state index contributed by atoms with van der Waals surface area (Å²) >= 11 is 0. The molecular weight excluding hydrogens is 413 g/mol. The van der Waals surface area contributed by atoms with Crippen LogP contribution in [-0.2, 0) is 0 Å². The summed E-state index contributed by atoms with van der Waals surface area (Å²) in [6.45, 7) is 3.97. The summed E-state index contributed by atoms with van der Waals surface area (Å²) in [5, 5.41) is 6.14. The Balaban J connectivity index is 0.00000272. The van der Waals surface area contributed by atoms with Crippen molar-refractivity contribution in [3.8, 4) is 0 Å². The fourth-order valence-corrected chi connectivity index (χ4v) is 3.40. The summed E-state index contributed by atoms with van der Waals surface area (Å²) in [4.78, 5) is 21.3. The second kappa shape index (κ2) is 11.2. The Morgan fingerprint density at radius 3 is 2.81 bits per heavy atom. The number of pyridine rings is 1. The molecule has 1 aromatic heterocycles. The molecule has 2 heterocycles. The Morgan fingerprint density at radius 2 is 2.16 bits per heavy atom. The molecule has 2 aromatic rings. The van der Waals surface area contributed by atoms with Crippen LogP contribution >= 0.6 is 0 Å². The van der Waals surface area contributed by atoms with Gasteiger partial charge in [0, 0.05) is 29.5 Å². The third kappa shape index (κ3) is 6.37. The summed E-state index contributed by atoms with van der Waals surface area (Å²) in [6.07, 6.45) is 11.9. The number of rotatable bonds is 7. The van der Waals surface area contributed by atoms with Gasteiger partial charge in [0.2, 0.25) is 0 Å². The fourth-order valence-electron chi connectivity index (χ4n) is 3.40. The summed E-state index contributed by atoms with van der Waals surface area (Å²) in [7, 11) is 1.96. The Bertz CT molecular complexity index is 1010. The van der Waals surface area contributed by atoms with Crippen molar-refractivity contribution in [3.63, 3.8) is 0 Å². The Morgan fingerprint density at radius 1 is 1.35 bits per heavy atom. The van der Waals surface area contributed by atoms with Crippen LogP contribution in [-0.4, -0.2) is 34.4 Å². The Kier molecular flexibility index (Phi) is 8.63. The Labute approximate surface area is 226 Å². The molecule has 1 saturated carbocycles. The average molecular weight is 440 g/mol. The molecule has 154 valence electrons. The van der Waals surface area contributed by atoms with Crippen molar-refractivity contribution in [1.82, 2.24) is 10.3 Å².